The second kappa shape index (κ2) is 5.40. The second-order valence-electron chi connectivity index (χ2n) is 4.14. The van der Waals surface area contributed by atoms with E-state index >= 15 is 0 Å². The van der Waals surface area contributed by atoms with Gasteiger partial charge in [0, 0.05) is 4.47 Å². The van der Waals surface area contributed by atoms with Gasteiger partial charge >= 0.3 is 0 Å². The fraction of sp³-hybridized carbons (Fsp3) is 0.214. The van der Waals surface area contributed by atoms with Gasteiger partial charge in [-0.2, -0.15) is 0 Å². The minimum atomic E-state index is -0.117. The summed E-state index contributed by atoms with van der Waals surface area (Å²) in [5.41, 5.74) is 1.63. The first kappa shape index (κ1) is 12.9. The van der Waals surface area contributed by atoms with Crippen molar-refractivity contribution in [2.45, 2.75) is 19.9 Å². The lowest BCUT2D eigenvalue weighted by atomic mass is 10.1. The van der Waals surface area contributed by atoms with Gasteiger partial charge in [0.05, 0.1) is 17.9 Å². The number of furan rings is 1. The Morgan fingerprint density at radius 3 is 2.78 bits per heavy atom. The molecule has 0 saturated carbocycles. The average Bonchev–Trinajstić information content (AvgIpc) is 2.75. The molecule has 0 spiro atoms. The number of halogens is 1. The second-order valence-corrected chi connectivity index (χ2v) is 5.06. The van der Waals surface area contributed by atoms with E-state index in [4.69, 9.17) is 4.42 Å². The zero-order valence-electron chi connectivity index (χ0n) is 10.2. The Labute approximate surface area is 114 Å². The van der Waals surface area contributed by atoms with E-state index in [0.29, 0.717) is 11.3 Å². The minimum absolute atomic E-state index is 0.0516. The van der Waals surface area contributed by atoms with E-state index in [1.807, 2.05) is 31.2 Å². The number of rotatable bonds is 3. The van der Waals surface area contributed by atoms with Crippen LogP contribution in [-0.4, -0.2) is 5.91 Å². The SMILES string of the molecule is Cc1occc1C(=O)NC(C)c1cccc(Br)c1. The Balaban J connectivity index is 2.10. The van der Waals surface area contributed by atoms with E-state index in [0.717, 1.165) is 10.0 Å². The molecule has 2 aromatic rings. The predicted molar refractivity (Wildman–Crippen MR) is 73.5 cm³/mol. The van der Waals surface area contributed by atoms with Crippen LogP contribution in [0.2, 0.25) is 0 Å². The van der Waals surface area contributed by atoms with Gasteiger partial charge in [0.15, 0.2) is 0 Å². The van der Waals surface area contributed by atoms with Crippen molar-refractivity contribution < 1.29 is 9.21 Å². The molecule has 1 N–H and O–H groups in total. The summed E-state index contributed by atoms with van der Waals surface area (Å²) in [6.45, 7) is 3.73. The molecule has 0 fully saturated rings. The summed E-state index contributed by atoms with van der Waals surface area (Å²) >= 11 is 3.42. The molecular formula is C14H14BrNO2. The fourth-order valence-corrected chi connectivity index (χ4v) is 2.17. The molecule has 1 unspecified atom stereocenters. The molecule has 0 bridgehead atoms. The number of carbonyl (C=O) groups is 1. The van der Waals surface area contributed by atoms with Crippen LogP contribution in [0.4, 0.5) is 0 Å². The summed E-state index contributed by atoms with van der Waals surface area (Å²) in [6.07, 6.45) is 1.52. The van der Waals surface area contributed by atoms with Gasteiger partial charge in [0.25, 0.3) is 5.91 Å². The molecule has 94 valence electrons. The van der Waals surface area contributed by atoms with Gasteiger partial charge < -0.3 is 9.73 Å². The van der Waals surface area contributed by atoms with Gasteiger partial charge in [-0.05, 0) is 37.6 Å². The van der Waals surface area contributed by atoms with E-state index < -0.39 is 0 Å². The predicted octanol–water partition coefficient (Wildman–Crippen LogP) is 3.84. The quantitative estimate of drug-likeness (QED) is 0.936. The molecule has 1 heterocycles. The van der Waals surface area contributed by atoms with Crippen LogP contribution >= 0.6 is 15.9 Å². The standard InChI is InChI=1S/C14H14BrNO2/c1-9(11-4-3-5-12(15)8-11)16-14(17)13-6-7-18-10(13)2/h3-9H,1-2H3,(H,16,17). The topological polar surface area (TPSA) is 42.2 Å². The third-order valence-corrected chi connectivity index (χ3v) is 3.29. The molecule has 3 nitrogen and oxygen atoms in total. The molecule has 0 saturated heterocycles. The first-order valence-electron chi connectivity index (χ1n) is 5.68. The largest absolute Gasteiger partial charge is 0.469 e. The molecule has 1 aromatic carbocycles. The number of hydrogen-bond acceptors (Lipinski definition) is 2. The third-order valence-electron chi connectivity index (χ3n) is 2.80. The van der Waals surface area contributed by atoms with Crippen LogP contribution in [-0.2, 0) is 0 Å². The molecule has 2 rings (SSSR count). The zero-order valence-corrected chi connectivity index (χ0v) is 11.8. The Kier molecular flexibility index (Phi) is 3.87. The Morgan fingerprint density at radius 2 is 2.17 bits per heavy atom. The summed E-state index contributed by atoms with van der Waals surface area (Å²) in [6, 6.07) is 9.51. The van der Waals surface area contributed by atoms with Gasteiger partial charge in [-0.1, -0.05) is 28.1 Å². The van der Waals surface area contributed by atoms with Crippen molar-refractivity contribution in [3.05, 3.63) is 58.0 Å². The van der Waals surface area contributed by atoms with Crippen LogP contribution in [0.25, 0.3) is 0 Å². The lowest BCUT2D eigenvalue weighted by molar-refractivity contribution is 0.0938. The van der Waals surface area contributed by atoms with Gasteiger partial charge in [0.2, 0.25) is 0 Å². The molecule has 1 atom stereocenters. The van der Waals surface area contributed by atoms with Crippen LogP contribution in [0.15, 0.2) is 45.5 Å². The third kappa shape index (κ3) is 2.82. The summed E-state index contributed by atoms with van der Waals surface area (Å²) in [7, 11) is 0. The molecule has 0 aliphatic heterocycles. The number of hydrogen-bond donors (Lipinski definition) is 1. The van der Waals surface area contributed by atoms with Gasteiger partial charge in [-0.15, -0.1) is 0 Å². The molecule has 0 radical (unpaired) electrons. The Morgan fingerprint density at radius 1 is 1.39 bits per heavy atom. The fourth-order valence-electron chi connectivity index (χ4n) is 1.75. The molecular weight excluding hydrogens is 294 g/mol. The highest BCUT2D eigenvalue weighted by molar-refractivity contribution is 9.10. The monoisotopic (exact) mass is 307 g/mol. The maximum Gasteiger partial charge on any atom is 0.255 e. The first-order valence-corrected chi connectivity index (χ1v) is 6.47. The molecule has 18 heavy (non-hydrogen) atoms. The maximum atomic E-state index is 12.0. The van der Waals surface area contributed by atoms with E-state index in [1.54, 1.807) is 13.0 Å². The molecule has 4 heteroatoms. The van der Waals surface area contributed by atoms with Crippen molar-refractivity contribution in [2.24, 2.45) is 0 Å². The lowest BCUT2D eigenvalue weighted by Gasteiger charge is -2.14. The first-order chi connectivity index (χ1) is 8.58. The highest BCUT2D eigenvalue weighted by Gasteiger charge is 2.14. The van der Waals surface area contributed by atoms with E-state index in [2.05, 4.69) is 21.2 Å². The van der Waals surface area contributed by atoms with Crippen LogP contribution < -0.4 is 5.32 Å². The average molecular weight is 308 g/mol. The smallest absolute Gasteiger partial charge is 0.255 e. The van der Waals surface area contributed by atoms with Gasteiger partial charge in [0.1, 0.15) is 5.76 Å². The van der Waals surface area contributed by atoms with Gasteiger partial charge in [-0.25, -0.2) is 0 Å². The summed E-state index contributed by atoms with van der Waals surface area (Å²) < 4.78 is 6.12. The van der Waals surface area contributed by atoms with Crippen molar-refractivity contribution in [2.75, 3.05) is 0 Å². The number of carbonyl (C=O) groups excluding carboxylic acids is 1. The number of benzene rings is 1. The van der Waals surface area contributed by atoms with Crippen molar-refractivity contribution in [1.29, 1.82) is 0 Å². The summed E-state index contributed by atoms with van der Waals surface area (Å²) in [5.74, 6) is 0.516. The van der Waals surface area contributed by atoms with E-state index in [9.17, 15) is 4.79 Å². The van der Waals surface area contributed by atoms with Crippen LogP contribution in [0.3, 0.4) is 0 Å². The van der Waals surface area contributed by atoms with Crippen molar-refractivity contribution in [1.82, 2.24) is 5.32 Å². The lowest BCUT2D eigenvalue weighted by Crippen LogP contribution is -2.26. The summed E-state index contributed by atoms with van der Waals surface area (Å²) in [5, 5.41) is 2.95. The zero-order chi connectivity index (χ0) is 13.1. The van der Waals surface area contributed by atoms with Crippen molar-refractivity contribution >= 4 is 21.8 Å². The maximum absolute atomic E-state index is 12.0. The van der Waals surface area contributed by atoms with Crippen LogP contribution in [0, 0.1) is 6.92 Å². The molecule has 1 aromatic heterocycles. The number of amides is 1. The van der Waals surface area contributed by atoms with Crippen LogP contribution in [0.5, 0.6) is 0 Å². The van der Waals surface area contributed by atoms with E-state index in [1.165, 1.54) is 6.26 Å². The summed E-state index contributed by atoms with van der Waals surface area (Å²) in [4.78, 5) is 12.0. The highest BCUT2D eigenvalue weighted by atomic mass is 79.9. The molecule has 0 aliphatic rings. The Bertz CT molecular complexity index is 562. The highest BCUT2D eigenvalue weighted by Crippen LogP contribution is 2.18. The minimum Gasteiger partial charge on any atom is -0.469 e. The molecule has 1 amide bonds. The van der Waals surface area contributed by atoms with Gasteiger partial charge in [-0.3, -0.25) is 4.79 Å². The molecule has 0 aliphatic carbocycles. The van der Waals surface area contributed by atoms with E-state index in [-0.39, 0.29) is 11.9 Å². The van der Waals surface area contributed by atoms with Crippen molar-refractivity contribution in [3.63, 3.8) is 0 Å². The number of nitrogens with one attached hydrogen (secondary N) is 1. The van der Waals surface area contributed by atoms with Crippen molar-refractivity contribution in [3.8, 4) is 0 Å². The normalized spacial score (nSPS) is 12.2. The van der Waals surface area contributed by atoms with Crippen LogP contribution in [0.1, 0.15) is 34.6 Å². The number of aryl methyl sites for hydroxylation is 1. The Hall–Kier alpha value is -1.55.